The van der Waals surface area contributed by atoms with Crippen LogP contribution in [0.3, 0.4) is 0 Å². The lowest BCUT2D eigenvalue weighted by molar-refractivity contribution is 0.722. The van der Waals surface area contributed by atoms with Crippen LogP contribution < -0.4 is 16.6 Å². The second kappa shape index (κ2) is 5.22. The van der Waals surface area contributed by atoms with Gasteiger partial charge in [0.2, 0.25) is 0 Å². The lowest BCUT2D eigenvalue weighted by atomic mass is 10.1. The van der Waals surface area contributed by atoms with Crippen molar-refractivity contribution in [3.63, 3.8) is 0 Å². The smallest absolute Gasteiger partial charge is 0.252 e. The Morgan fingerprint density at radius 1 is 1.27 bits per heavy atom. The number of fused-ring (bicyclic) bond motifs is 1. The van der Waals surface area contributed by atoms with Crippen molar-refractivity contribution in [3.8, 4) is 0 Å². The molecule has 0 aliphatic heterocycles. The maximum atomic E-state index is 12.1. The second-order valence-corrected chi connectivity index (χ2v) is 5.49. The fourth-order valence-electron chi connectivity index (χ4n) is 2.69. The average molecular weight is 297 g/mol. The molecule has 1 unspecified atom stereocenters. The normalized spacial score (nSPS) is 12.5. The third kappa shape index (κ3) is 2.32. The van der Waals surface area contributed by atoms with Gasteiger partial charge in [0.25, 0.3) is 5.56 Å². The summed E-state index contributed by atoms with van der Waals surface area (Å²) in [5, 5.41) is 4.29. The Balaban J connectivity index is 2.11. The van der Waals surface area contributed by atoms with E-state index >= 15 is 0 Å². The molecule has 0 aliphatic rings. The molecular formula is C16H19N5O. The van der Waals surface area contributed by atoms with Crippen LogP contribution in [0.2, 0.25) is 0 Å². The predicted molar refractivity (Wildman–Crippen MR) is 88.8 cm³/mol. The zero-order chi connectivity index (χ0) is 15.9. The van der Waals surface area contributed by atoms with Crippen LogP contribution in [-0.2, 0) is 14.1 Å². The first-order valence-electron chi connectivity index (χ1n) is 7.10. The number of nitrogens with two attached hydrogens (primary N) is 1. The number of imidazole rings is 1. The van der Waals surface area contributed by atoms with Gasteiger partial charge in [0.05, 0.1) is 11.6 Å². The van der Waals surface area contributed by atoms with Gasteiger partial charge in [-0.3, -0.25) is 4.79 Å². The van der Waals surface area contributed by atoms with Gasteiger partial charge in [-0.1, -0.05) is 0 Å². The van der Waals surface area contributed by atoms with Gasteiger partial charge in [-0.2, -0.15) is 0 Å². The number of aromatic nitrogens is 3. The number of benzene rings is 1. The Morgan fingerprint density at radius 3 is 2.73 bits per heavy atom. The van der Waals surface area contributed by atoms with Crippen LogP contribution in [0.1, 0.15) is 18.8 Å². The van der Waals surface area contributed by atoms with Crippen molar-refractivity contribution in [2.24, 2.45) is 14.1 Å². The van der Waals surface area contributed by atoms with E-state index in [1.54, 1.807) is 29.9 Å². The van der Waals surface area contributed by atoms with E-state index in [0.717, 1.165) is 22.4 Å². The highest BCUT2D eigenvalue weighted by Crippen LogP contribution is 2.26. The van der Waals surface area contributed by atoms with Crippen molar-refractivity contribution >= 4 is 22.3 Å². The van der Waals surface area contributed by atoms with Crippen LogP contribution in [0.4, 0.5) is 11.4 Å². The number of hydrogen-bond donors (Lipinski definition) is 2. The summed E-state index contributed by atoms with van der Waals surface area (Å²) in [6, 6.07) is 7.11. The molecular weight excluding hydrogens is 278 g/mol. The SMILES string of the molecule is CC(Nc1cc(=O)n(C)c2ccc(N)cc12)c1nccn1C. The summed E-state index contributed by atoms with van der Waals surface area (Å²) < 4.78 is 3.57. The van der Waals surface area contributed by atoms with E-state index in [4.69, 9.17) is 5.73 Å². The van der Waals surface area contributed by atoms with E-state index < -0.39 is 0 Å². The first-order chi connectivity index (χ1) is 10.5. The Bertz CT molecular complexity index is 893. The molecule has 2 aromatic heterocycles. The molecule has 22 heavy (non-hydrogen) atoms. The Morgan fingerprint density at radius 2 is 2.05 bits per heavy atom. The molecule has 1 aromatic carbocycles. The van der Waals surface area contributed by atoms with Crippen LogP contribution in [-0.4, -0.2) is 14.1 Å². The van der Waals surface area contributed by atoms with Crippen LogP contribution >= 0.6 is 0 Å². The maximum Gasteiger partial charge on any atom is 0.252 e. The highest BCUT2D eigenvalue weighted by atomic mass is 16.1. The highest BCUT2D eigenvalue weighted by molar-refractivity contribution is 5.93. The fourth-order valence-corrected chi connectivity index (χ4v) is 2.69. The van der Waals surface area contributed by atoms with Gasteiger partial charge in [0, 0.05) is 49.3 Å². The average Bonchev–Trinajstić information content (AvgIpc) is 2.90. The molecule has 0 aliphatic carbocycles. The van der Waals surface area contributed by atoms with Crippen LogP contribution in [0, 0.1) is 0 Å². The van der Waals surface area contributed by atoms with Gasteiger partial charge in [-0.25, -0.2) is 4.98 Å². The molecule has 0 bridgehead atoms. The van der Waals surface area contributed by atoms with Gasteiger partial charge in [-0.05, 0) is 25.1 Å². The monoisotopic (exact) mass is 297 g/mol. The molecule has 0 saturated carbocycles. The molecule has 1 atom stereocenters. The molecule has 2 heterocycles. The van der Waals surface area contributed by atoms with Gasteiger partial charge >= 0.3 is 0 Å². The minimum atomic E-state index is -0.0631. The van der Waals surface area contributed by atoms with E-state index in [-0.39, 0.29) is 11.6 Å². The molecule has 0 saturated heterocycles. The molecule has 0 radical (unpaired) electrons. The predicted octanol–water partition coefficient (Wildman–Crippen LogP) is 2.03. The molecule has 0 spiro atoms. The maximum absolute atomic E-state index is 12.1. The van der Waals surface area contributed by atoms with Crippen molar-refractivity contribution in [2.45, 2.75) is 13.0 Å². The molecule has 3 rings (SSSR count). The van der Waals surface area contributed by atoms with E-state index in [1.165, 1.54) is 0 Å². The van der Waals surface area contributed by atoms with Gasteiger partial charge in [0.15, 0.2) is 0 Å². The summed E-state index contributed by atoms with van der Waals surface area (Å²) in [6.45, 7) is 2.01. The third-order valence-corrected chi connectivity index (χ3v) is 3.89. The number of pyridine rings is 1. The summed E-state index contributed by atoms with van der Waals surface area (Å²) >= 11 is 0. The molecule has 6 heteroatoms. The molecule has 0 amide bonds. The molecule has 0 fully saturated rings. The number of anilines is 2. The lowest BCUT2D eigenvalue weighted by Crippen LogP contribution is -2.19. The summed E-state index contributed by atoms with van der Waals surface area (Å²) in [4.78, 5) is 16.5. The van der Waals surface area contributed by atoms with E-state index in [1.807, 2.05) is 36.9 Å². The van der Waals surface area contributed by atoms with Gasteiger partial charge < -0.3 is 20.2 Å². The van der Waals surface area contributed by atoms with Crippen molar-refractivity contribution in [2.75, 3.05) is 11.1 Å². The first-order valence-corrected chi connectivity index (χ1v) is 7.10. The number of aryl methyl sites for hydroxylation is 2. The summed E-state index contributed by atoms with van der Waals surface area (Å²) in [6.07, 6.45) is 3.65. The van der Waals surface area contributed by atoms with Crippen molar-refractivity contribution in [3.05, 3.63) is 52.8 Å². The summed E-state index contributed by atoms with van der Waals surface area (Å²) in [7, 11) is 3.70. The molecule has 3 N–H and O–H groups in total. The lowest BCUT2D eigenvalue weighted by Gasteiger charge is -2.18. The molecule has 3 aromatic rings. The minimum Gasteiger partial charge on any atom is -0.399 e. The standard InChI is InChI=1S/C16H19N5O/c1-10(16-18-6-7-20(16)2)19-13-9-15(22)21(3)14-5-4-11(17)8-12(13)14/h4-10,19H,17H2,1-3H3. The largest absolute Gasteiger partial charge is 0.399 e. The van der Waals surface area contributed by atoms with E-state index in [2.05, 4.69) is 10.3 Å². The quantitative estimate of drug-likeness (QED) is 0.725. The zero-order valence-electron chi connectivity index (χ0n) is 12.9. The molecule has 6 nitrogen and oxygen atoms in total. The molecule has 114 valence electrons. The number of rotatable bonds is 3. The number of hydrogen-bond acceptors (Lipinski definition) is 4. The number of nitrogens with zero attached hydrogens (tertiary/aromatic N) is 3. The van der Waals surface area contributed by atoms with Gasteiger partial charge in [0.1, 0.15) is 5.82 Å². The topological polar surface area (TPSA) is 77.9 Å². The van der Waals surface area contributed by atoms with Crippen molar-refractivity contribution < 1.29 is 0 Å². The van der Waals surface area contributed by atoms with Crippen LogP contribution in [0.25, 0.3) is 10.9 Å². The van der Waals surface area contributed by atoms with Gasteiger partial charge in [-0.15, -0.1) is 0 Å². The Labute approximate surface area is 128 Å². The van der Waals surface area contributed by atoms with Crippen molar-refractivity contribution in [1.82, 2.24) is 14.1 Å². The third-order valence-electron chi connectivity index (χ3n) is 3.89. The highest BCUT2D eigenvalue weighted by Gasteiger charge is 2.13. The minimum absolute atomic E-state index is 0.0308. The Hall–Kier alpha value is -2.76. The van der Waals surface area contributed by atoms with Crippen LogP contribution in [0.5, 0.6) is 0 Å². The zero-order valence-corrected chi connectivity index (χ0v) is 12.9. The van der Waals surface area contributed by atoms with E-state index in [0.29, 0.717) is 5.69 Å². The summed E-state index contributed by atoms with van der Waals surface area (Å²) in [5.41, 5.74) is 8.11. The van der Waals surface area contributed by atoms with Crippen molar-refractivity contribution in [1.29, 1.82) is 0 Å². The summed E-state index contributed by atoms with van der Waals surface area (Å²) in [5.74, 6) is 0.901. The van der Waals surface area contributed by atoms with Crippen LogP contribution in [0.15, 0.2) is 41.5 Å². The first kappa shape index (κ1) is 14.2. The second-order valence-electron chi connectivity index (χ2n) is 5.49. The Kier molecular flexibility index (Phi) is 3.36. The number of nitrogens with one attached hydrogen (secondary N) is 1. The fraction of sp³-hybridized carbons (Fsp3) is 0.250. The van der Waals surface area contributed by atoms with E-state index in [9.17, 15) is 4.79 Å². The number of nitrogen functional groups attached to an aromatic ring is 1.